The Bertz CT molecular complexity index is 1290. The Balaban J connectivity index is 1.65. The Morgan fingerprint density at radius 3 is 2.29 bits per heavy atom. The number of nitrogens with zero attached hydrogens (tertiary/aromatic N) is 3. The molecule has 174 valence electrons. The minimum Gasteiger partial charge on any atom is -0.325 e. The van der Waals surface area contributed by atoms with Crippen LogP contribution in [0, 0.1) is 27.7 Å². The number of aryl methyl sites for hydroxylation is 4. The summed E-state index contributed by atoms with van der Waals surface area (Å²) in [6, 6.07) is 22.6. The van der Waals surface area contributed by atoms with E-state index in [-0.39, 0.29) is 11.2 Å². The maximum Gasteiger partial charge on any atom is 0.237 e. The van der Waals surface area contributed by atoms with E-state index >= 15 is 0 Å². The number of anilines is 1. The van der Waals surface area contributed by atoms with E-state index in [2.05, 4.69) is 64.3 Å². The number of aromatic nitrogens is 3. The van der Waals surface area contributed by atoms with Crippen LogP contribution in [0.5, 0.6) is 0 Å². The Morgan fingerprint density at radius 2 is 1.62 bits per heavy atom. The van der Waals surface area contributed by atoms with Crippen molar-refractivity contribution >= 4 is 23.4 Å². The Labute approximate surface area is 205 Å². The van der Waals surface area contributed by atoms with E-state index in [1.165, 1.54) is 22.9 Å². The van der Waals surface area contributed by atoms with Gasteiger partial charge in [0, 0.05) is 12.1 Å². The van der Waals surface area contributed by atoms with Gasteiger partial charge >= 0.3 is 0 Å². The van der Waals surface area contributed by atoms with Crippen molar-refractivity contribution in [1.29, 1.82) is 0 Å². The first-order valence-corrected chi connectivity index (χ1v) is 12.3. The summed E-state index contributed by atoms with van der Waals surface area (Å²) >= 11 is 1.43. The molecule has 0 aliphatic carbocycles. The standard InChI is InChI=1S/C28H30N4OS/c1-18-14-15-24(21(4)16-18)32-25(17-23-12-7-6-8-13-23)30-31-28(32)34-22(5)27(33)29-26-19(2)10-9-11-20(26)3/h6-16,22H,17H2,1-5H3,(H,29,33). The molecule has 0 aliphatic heterocycles. The molecule has 0 spiro atoms. The number of hydrogen-bond acceptors (Lipinski definition) is 4. The van der Waals surface area contributed by atoms with Crippen molar-refractivity contribution in [1.82, 2.24) is 14.8 Å². The Kier molecular flexibility index (Phi) is 7.17. The van der Waals surface area contributed by atoms with Crippen LogP contribution in [-0.4, -0.2) is 25.9 Å². The van der Waals surface area contributed by atoms with Gasteiger partial charge in [-0.3, -0.25) is 9.36 Å². The average Bonchev–Trinajstić information content (AvgIpc) is 3.18. The monoisotopic (exact) mass is 470 g/mol. The summed E-state index contributed by atoms with van der Waals surface area (Å²) in [7, 11) is 0. The molecule has 1 unspecified atom stereocenters. The molecule has 0 fully saturated rings. The summed E-state index contributed by atoms with van der Waals surface area (Å²) in [5.41, 5.74) is 7.52. The van der Waals surface area contributed by atoms with Gasteiger partial charge in [-0.05, 0) is 62.9 Å². The first kappa shape index (κ1) is 23.8. The highest BCUT2D eigenvalue weighted by atomic mass is 32.2. The first-order valence-electron chi connectivity index (χ1n) is 11.4. The number of hydrogen-bond donors (Lipinski definition) is 1. The Hall–Kier alpha value is -3.38. The third-order valence-electron chi connectivity index (χ3n) is 5.88. The van der Waals surface area contributed by atoms with Gasteiger partial charge in [0.15, 0.2) is 5.16 Å². The second kappa shape index (κ2) is 10.3. The Morgan fingerprint density at radius 1 is 0.912 bits per heavy atom. The van der Waals surface area contributed by atoms with E-state index in [0.29, 0.717) is 11.6 Å². The molecule has 0 saturated heterocycles. The van der Waals surface area contributed by atoms with Crippen LogP contribution in [0.1, 0.15) is 40.6 Å². The van der Waals surface area contributed by atoms with E-state index in [0.717, 1.165) is 33.9 Å². The quantitative estimate of drug-likeness (QED) is 0.326. The lowest BCUT2D eigenvalue weighted by atomic mass is 10.1. The summed E-state index contributed by atoms with van der Waals surface area (Å²) < 4.78 is 2.09. The molecule has 1 heterocycles. The van der Waals surface area contributed by atoms with Gasteiger partial charge in [-0.25, -0.2) is 0 Å². The molecule has 1 amide bonds. The zero-order valence-corrected chi connectivity index (χ0v) is 21.1. The van der Waals surface area contributed by atoms with Crippen LogP contribution < -0.4 is 5.32 Å². The van der Waals surface area contributed by atoms with Crippen LogP contribution >= 0.6 is 11.8 Å². The largest absolute Gasteiger partial charge is 0.325 e. The van der Waals surface area contributed by atoms with Crippen LogP contribution in [0.3, 0.4) is 0 Å². The highest BCUT2D eigenvalue weighted by molar-refractivity contribution is 8.00. The molecule has 0 aliphatic rings. The fourth-order valence-electron chi connectivity index (χ4n) is 4.02. The second-order valence-corrected chi connectivity index (χ2v) is 10.0. The lowest BCUT2D eigenvalue weighted by Gasteiger charge is -2.17. The normalized spacial score (nSPS) is 11.9. The number of carbonyl (C=O) groups is 1. The summed E-state index contributed by atoms with van der Waals surface area (Å²) in [5, 5.41) is 12.5. The van der Waals surface area contributed by atoms with Crippen LogP contribution in [0.25, 0.3) is 5.69 Å². The third-order valence-corrected chi connectivity index (χ3v) is 6.92. The van der Waals surface area contributed by atoms with Crippen LogP contribution in [-0.2, 0) is 11.2 Å². The predicted molar refractivity (Wildman–Crippen MR) is 140 cm³/mol. The minimum atomic E-state index is -0.350. The maximum atomic E-state index is 13.1. The van der Waals surface area contributed by atoms with Crippen molar-refractivity contribution in [2.45, 2.75) is 51.4 Å². The lowest BCUT2D eigenvalue weighted by Crippen LogP contribution is -2.24. The van der Waals surface area contributed by atoms with E-state index in [1.807, 2.05) is 57.2 Å². The van der Waals surface area contributed by atoms with E-state index in [9.17, 15) is 4.79 Å². The first-order chi connectivity index (χ1) is 16.3. The minimum absolute atomic E-state index is 0.0535. The summed E-state index contributed by atoms with van der Waals surface area (Å²) in [6.45, 7) is 10.1. The lowest BCUT2D eigenvalue weighted by molar-refractivity contribution is -0.115. The number of amides is 1. The molecule has 1 aromatic heterocycles. The fourth-order valence-corrected chi connectivity index (χ4v) is 4.90. The van der Waals surface area contributed by atoms with E-state index in [1.54, 1.807) is 0 Å². The third kappa shape index (κ3) is 5.23. The summed E-state index contributed by atoms with van der Waals surface area (Å²) in [5.74, 6) is 0.796. The zero-order valence-electron chi connectivity index (χ0n) is 20.3. The van der Waals surface area contributed by atoms with E-state index < -0.39 is 0 Å². The molecule has 0 saturated carbocycles. The van der Waals surface area contributed by atoms with Crippen molar-refractivity contribution in [3.63, 3.8) is 0 Å². The van der Waals surface area contributed by atoms with Gasteiger partial charge in [0.1, 0.15) is 5.82 Å². The van der Waals surface area contributed by atoms with Crippen molar-refractivity contribution in [3.8, 4) is 5.69 Å². The number of benzene rings is 3. The average molecular weight is 471 g/mol. The molecule has 0 bridgehead atoms. The predicted octanol–water partition coefficient (Wildman–Crippen LogP) is 6.21. The van der Waals surface area contributed by atoms with Gasteiger partial charge in [0.2, 0.25) is 5.91 Å². The molecule has 0 radical (unpaired) electrons. The molecular weight excluding hydrogens is 440 g/mol. The molecule has 1 atom stereocenters. The number of carbonyl (C=O) groups excluding carboxylic acids is 1. The molecular formula is C28H30N4OS. The van der Waals surface area contributed by atoms with Gasteiger partial charge in [-0.1, -0.05) is 78.0 Å². The van der Waals surface area contributed by atoms with Gasteiger partial charge < -0.3 is 5.32 Å². The van der Waals surface area contributed by atoms with Crippen molar-refractivity contribution in [3.05, 3.63) is 100 Å². The number of rotatable bonds is 7. The van der Waals surface area contributed by atoms with Crippen LogP contribution in [0.4, 0.5) is 5.69 Å². The SMILES string of the molecule is Cc1ccc(-n2c(Cc3ccccc3)nnc2SC(C)C(=O)Nc2c(C)cccc2C)c(C)c1. The second-order valence-electron chi connectivity index (χ2n) is 8.70. The topological polar surface area (TPSA) is 59.8 Å². The molecule has 4 aromatic rings. The highest BCUT2D eigenvalue weighted by Crippen LogP contribution is 2.30. The molecule has 1 N–H and O–H groups in total. The molecule has 6 heteroatoms. The van der Waals surface area contributed by atoms with Gasteiger partial charge in [-0.15, -0.1) is 10.2 Å². The molecule has 5 nitrogen and oxygen atoms in total. The van der Waals surface area contributed by atoms with Crippen LogP contribution in [0.2, 0.25) is 0 Å². The van der Waals surface area contributed by atoms with Gasteiger partial charge in [0.25, 0.3) is 0 Å². The summed E-state index contributed by atoms with van der Waals surface area (Å²) in [6.07, 6.45) is 0.657. The zero-order chi connectivity index (χ0) is 24.2. The van der Waals surface area contributed by atoms with Crippen LogP contribution in [0.15, 0.2) is 71.9 Å². The smallest absolute Gasteiger partial charge is 0.237 e. The highest BCUT2D eigenvalue weighted by Gasteiger charge is 2.23. The van der Waals surface area contributed by atoms with Crippen molar-refractivity contribution in [2.75, 3.05) is 5.32 Å². The van der Waals surface area contributed by atoms with Gasteiger partial charge in [-0.2, -0.15) is 0 Å². The van der Waals surface area contributed by atoms with Crippen molar-refractivity contribution < 1.29 is 4.79 Å². The molecule has 3 aromatic carbocycles. The molecule has 34 heavy (non-hydrogen) atoms. The van der Waals surface area contributed by atoms with E-state index in [4.69, 9.17) is 0 Å². The molecule has 4 rings (SSSR count). The maximum absolute atomic E-state index is 13.1. The number of para-hydroxylation sites is 1. The summed E-state index contributed by atoms with van der Waals surface area (Å²) in [4.78, 5) is 13.1. The number of nitrogens with one attached hydrogen (secondary N) is 1. The fraction of sp³-hybridized carbons (Fsp3) is 0.250. The number of thioether (sulfide) groups is 1. The van der Waals surface area contributed by atoms with Crippen molar-refractivity contribution in [2.24, 2.45) is 0 Å². The van der Waals surface area contributed by atoms with Gasteiger partial charge in [0.05, 0.1) is 10.9 Å².